The minimum Gasteiger partial charge on any atom is -0.286 e. The molecule has 0 N–H and O–H groups in total. The lowest BCUT2D eigenvalue weighted by Gasteiger charge is -2.07. The third-order valence-corrected chi connectivity index (χ3v) is 3.08. The molecule has 0 aromatic carbocycles. The highest BCUT2D eigenvalue weighted by Crippen LogP contribution is 2.02. The van der Waals surface area contributed by atoms with Crippen LogP contribution >= 0.6 is 0 Å². The zero-order valence-electron chi connectivity index (χ0n) is 12.7. The summed E-state index contributed by atoms with van der Waals surface area (Å²) in [5, 5.41) is 0. The Hall–Kier alpha value is -2.36. The van der Waals surface area contributed by atoms with Gasteiger partial charge in [0.15, 0.2) is 0 Å². The third kappa shape index (κ3) is 4.60. The van der Waals surface area contributed by atoms with Crippen LogP contribution < -0.4 is 0 Å². The molecule has 0 bridgehead atoms. The van der Waals surface area contributed by atoms with Gasteiger partial charge in [0.2, 0.25) is 0 Å². The fourth-order valence-electron chi connectivity index (χ4n) is 1.94. The monoisotopic (exact) mass is 280 g/mol. The molecule has 4 nitrogen and oxygen atoms in total. The lowest BCUT2D eigenvalue weighted by molar-refractivity contribution is 0.754. The summed E-state index contributed by atoms with van der Waals surface area (Å²) in [6.07, 6.45) is 3.56. The molecule has 2 aromatic rings. The van der Waals surface area contributed by atoms with Crippen LogP contribution in [0.1, 0.15) is 32.2 Å². The Morgan fingerprint density at radius 2 is 1.52 bits per heavy atom. The summed E-state index contributed by atoms with van der Waals surface area (Å²) in [5.74, 6) is 0. The molecule has 1 unspecified atom stereocenters. The average Bonchev–Trinajstić information content (AvgIpc) is 2.54. The van der Waals surface area contributed by atoms with Crippen LogP contribution in [0.3, 0.4) is 0 Å². The van der Waals surface area contributed by atoms with Gasteiger partial charge < -0.3 is 0 Å². The summed E-state index contributed by atoms with van der Waals surface area (Å²) in [6.45, 7) is 6.66. The van der Waals surface area contributed by atoms with Gasteiger partial charge in [0, 0.05) is 12.4 Å². The van der Waals surface area contributed by atoms with Gasteiger partial charge in [0.1, 0.15) is 0 Å². The van der Waals surface area contributed by atoms with Crippen LogP contribution in [0.4, 0.5) is 0 Å². The van der Waals surface area contributed by atoms with Gasteiger partial charge in [-0.25, -0.2) is 0 Å². The van der Waals surface area contributed by atoms with Crippen molar-refractivity contribution in [2.75, 3.05) is 6.54 Å². The average molecular weight is 280 g/mol. The van der Waals surface area contributed by atoms with Crippen LogP contribution in [-0.2, 0) is 0 Å². The maximum absolute atomic E-state index is 4.64. The fourth-order valence-corrected chi connectivity index (χ4v) is 1.94. The number of aliphatic imine (C=N–C) groups is 2. The molecule has 0 spiro atoms. The van der Waals surface area contributed by atoms with Crippen LogP contribution in [0.2, 0.25) is 0 Å². The Bertz CT molecular complexity index is 618. The van der Waals surface area contributed by atoms with Crippen LogP contribution in [0.5, 0.6) is 0 Å². The molecule has 0 saturated heterocycles. The SMILES string of the molecule is CC(=NCC(C)N=C(C)c1ccccn1)c1ccccn1. The molecule has 2 heterocycles. The number of nitrogens with zero attached hydrogens (tertiary/aromatic N) is 4. The third-order valence-electron chi connectivity index (χ3n) is 3.08. The van der Waals surface area contributed by atoms with Crippen molar-refractivity contribution < 1.29 is 0 Å². The number of hydrogen-bond acceptors (Lipinski definition) is 4. The van der Waals surface area contributed by atoms with E-state index in [0.717, 1.165) is 22.8 Å². The first-order valence-corrected chi connectivity index (χ1v) is 7.05. The maximum Gasteiger partial charge on any atom is 0.0837 e. The molecule has 0 radical (unpaired) electrons. The predicted molar refractivity (Wildman–Crippen MR) is 87.2 cm³/mol. The quantitative estimate of drug-likeness (QED) is 0.790. The van der Waals surface area contributed by atoms with Gasteiger partial charge in [0.25, 0.3) is 0 Å². The molecule has 0 saturated carbocycles. The van der Waals surface area contributed by atoms with Crippen LogP contribution in [0.25, 0.3) is 0 Å². The van der Waals surface area contributed by atoms with Gasteiger partial charge in [-0.3, -0.25) is 20.0 Å². The minimum atomic E-state index is 0.116. The van der Waals surface area contributed by atoms with E-state index >= 15 is 0 Å². The van der Waals surface area contributed by atoms with Crippen molar-refractivity contribution in [1.82, 2.24) is 9.97 Å². The molecule has 108 valence electrons. The molecule has 21 heavy (non-hydrogen) atoms. The molecule has 2 rings (SSSR count). The Balaban J connectivity index is 2.00. The smallest absolute Gasteiger partial charge is 0.0837 e. The Morgan fingerprint density at radius 1 is 0.952 bits per heavy atom. The second kappa shape index (κ2) is 7.43. The van der Waals surface area contributed by atoms with E-state index in [1.807, 2.05) is 50.2 Å². The van der Waals surface area contributed by atoms with Crippen molar-refractivity contribution in [3.63, 3.8) is 0 Å². The summed E-state index contributed by atoms with van der Waals surface area (Å²) >= 11 is 0. The van der Waals surface area contributed by atoms with E-state index in [2.05, 4.69) is 26.9 Å². The van der Waals surface area contributed by atoms with Crippen molar-refractivity contribution in [3.05, 3.63) is 60.2 Å². The lowest BCUT2D eigenvalue weighted by atomic mass is 10.2. The second-order valence-electron chi connectivity index (χ2n) is 4.92. The molecule has 2 aromatic heterocycles. The van der Waals surface area contributed by atoms with E-state index in [0.29, 0.717) is 6.54 Å². The normalized spacial score (nSPS) is 14.0. The van der Waals surface area contributed by atoms with Gasteiger partial charge in [0.05, 0.1) is 35.4 Å². The fraction of sp³-hybridized carbons (Fsp3) is 0.294. The summed E-state index contributed by atoms with van der Waals surface area (Å²) in [7, 11) is 0. The molecular weight excluding hydrogens is 260 g/mol. The molecule has 0 aliphatic rings. The summed E-state index contributed by atoms with van der Waals surface area (Å²) in [4.78, 5) is 17.8. The predicted octanol–water partition coefficient (Wildman–Crippen LogP) is 3.18. The standard InChI is InChI=1S/C17H20N4/c1-13(21-15(3)17-9-5-7-11-19-17)12-20-14(2)16-8-4-6-10-18-16/h4-11,13H,12H2,1-3H3. The molecule has 0 aliphatic carbocycles. The first-order valence-electron chi connectivity index (χ1n) is 7.05. The summed E-state index contributed by atoms with van der Waals surface area (Å²) < 4.78 is 0. The highest BCUT2D eigenvalue weighted by atomic mass is 14.9. The van der Waals surface area contributed by atoms with Crippen molar-refractivity contribution in [1.29, 1.82) is 0 Å². The van der Waals surface area contributed by atoms with Gasteiger partial charge in [-0.15, -0.1) is 0 Å². The molecule has 0 amide bonds. The first-order chi connectivity index (χ1) is 10.2. The molecular formula is C17H20N4. The molecule has 4 heteroatoms. The highest BCUT2D eigenvalue weighted by molar-refractivity contribution is 5.97. The van der Waals surface area contributed by atoms with E-state index in [9.17, 15) is 0 Å². The summed E-state index contributed by atoms with van der Waals surface area (Å²) in [6, 6.07) is 11.8. The van der Waals surface area contributed by atoms with Crippen molar-refractivity contribution in [2.24, 2.45) is 9.98 Å². The van der Waals surface area contributed by atoms with E-state index in [4.69, 9.17) is 0 Å². The Morgan fingerprint density at radius 3 is 2.05 bits per heavy atom. The van der Waals surface area contributed by atoms with E-state index in [1.165, 1.54) is 0 Å². The van der Waals surface area contributed by atoms with Crippen molar-refractivity contribution in [2.45, 2.75) is 26.8 Å². The zero-order chi connectivity index (χ0) is 15.1. The Labute approximate surface area is 125 Å². The molecule has 0 fully saturated rings. The van der Waals surface area contributed by atoms with Crippen molar-refractivity contribution in [3.8, 4) is 0 Å². The topological polar surface area (TPSA) is 50.5 Å². The van der Waals surface area contributed by atoms with E-state index in [-0.39, 0.29) is 6.04 Å². The summed E-state index contributed by atoms with van der Waals surface area (Å²) in [5.41, 5.74) is 3.70. The van der Waals surface area contributed by atoms with E-state index in [1.54, 1.807) is 12.4 Å². The van der Waals surface area contributed by atoms with Gasteiger partial charge >= 0.3 is 0 Å². The van der Waals surface area contributed by atoms with Gasteiger partial charge in [-0.05, 0) is 45.0 Å². The molecule has 1 atom stereocenters. The molecule has 0 aliphatic heterocycles. The number of rotatable bonds is 5. The lowest BCUT2D eigenvalue weighted by Crippen LogP contribution is -2.10. The van der Waals surface area contributed by atoms with Crippen molar-refractivity contribution >= 4 is 11.4 Å². The van der Waals surface area contributed by atoms with Gasteiger partial charge in [-0.1, -0.05) is 12.1 Å². The second-order valence-corrected chi connectivity index (χ2v) is 4.92. The van der Waals surface area contributed by atoms with Crippen LogP contribution in [-0.4, -0.2) is 34.0 Å². The first kappa shape index (κ1) is 15.0. The number of aromatic nitrogens is 2. The number of pyridine rings is 2. The van der Waals surface area contributed by atoms with Crippen LogP contribution in [0, 0.1) is 0 Å². The number of hydrogen-bond donors (Lipinski definition) is 0. The minimum absolute atomic E-state index is 0.116. The van der Waals surface area contributed by atoms with E-state index < -0.39 is 0 Å². The maximum atomic E-state index is 4.64. The van der Waals surface area contributed by atoms with Crippen LogP contribution in [0.15, 0.2) is 58.8 Å². The zero-order valence-corrected chi connectivity index (χ0v) is 12.7. The van der Waals surface area contributed by atoms with Gasteiger partial charge in [-0.2, -0.15) is 0 Å². The largest absolute Gasteiger partial charge is 0.286 e. The Kier molecular flexibility index (Phi) is 5.32. The highest BCUT2D eigenvalue weighted by Gasteiger charge is 2.03.